The summed E-state index contributed by atoms with van der Waals surface area (Å²) in [5, 5.41) is 23.5. The molecule has 1 aromatic heterocycles. The average molecular weight is 411 g/mol. The topological polar surface area (TPSA) is 98.8 Å². The quantitative estimate of drug-likeness (QED) is 0.453. The number of benzene rings is 1. The Hall–Kier alpha value is -2.07. The van der Waals surface area contributed by atoms with E-state index >= 15 is 0 Å². The normalized spacial score (nSPS) is 18.0. The van der Waals surface area contributed by atoms with Crippen molar-refractivity contribution in [2.75, 3.05) is 31.7 Å². The number of likely N-dealkylation sites (N-methyl/N-ethyl adjacent to an activating group) is 1. The molecule has 0 saturated carbocycles. The third kappa shape index (κ3) is 5.05. The number of anilines is 1. The van der Waals surface area contributed by atoms with Crippen LogP contribution in [0.1, 0.15) is 31.2 Å². The smallest absolute Gasteiger partial charge is 0.174 e. The molecule has 0 spiro atoms. The van der Waals surface area contributed by atoms with Gasteiger partial charge in [-0.1, -0.05) is 23.7 Å². The van der Waals surface area contributed by atoms with Crippen molar-refractivity contribution in [1.29, 1.82) is 0 Å². The second-order valence-electron chi connectivity index (χ2n) is 6.52. The lowest BCUT2D eigenvalue weighted by molar-refractivity contribution is 0.258. The maximum absolute atomic E-state index is 13.4. The van der Waals surface area contributed by atoms with E-state index in [2.05, 4.69) is 37.8 Å². The van der Waals surface area contributed by atoms with Crippen LogP contribution in [0.15, 0.2) is 27.8 Å². The highest BCUT2D eigenvalue weighted by atomic mass is 35.5. The molecule has 152 valence electrons. The SMILES string of the molecule is CCN1CCCC1CNCc1nonc1C(=NCO)Nc1ccc(F)c(Cl)c1. The number of nitrogens with one attached hydrogen (secondary N) is 2. The fourth-order valence-electron chi connectivity index (χ4n) is 3.36. The van der Waals surface area contributed by atoms with Gasteiger partial charge >= 0.3 is 0 Å². The number of likely N-dealkylation sites (tertiary alicyclic amines) is 1. The highest BCUT2D eigenvalue weighted by molar-refractivity contribution is 6.31. The molecule has 1 atom stereocenters. The molecule has 0 bridgehead atoms. The summed E-state index contributed by atoms with van der Waals surface area (Å²) in [7, 11) is 0. The van der Waals surface area contributed by atoms with Crippen molar-refractivity contribution in [2.24, 2.45) is 4.99 Å². The average Bonchev–Trinajstić information content (AvgIpc) is 3.33. The second-order valence-corrected chi connectivity index (χ2v) is 6.92. The maximum atomic E-state index is 13.4. The van der Waals surface area contributed by atoms with Crippen LogP contribution in [-0.4, -0.2) is 58.6 Å². The Morgan fingerprint density at radius 1 is 1.46 bits per heavy atom. The van der Waals surface area contributed by atoms with Crippen LogP contribution in [-0.2, 0) is 6.54 Å². The summed E-state index contributed by atoms with van der Waals surface area (Å²) in [4.78, 5) is 6.46. The van der Waals surface area contributed by atoms with Crippen molar-refractivity contribution in [3.05, 3.63) is 40.4 Å². The fourth-order valence-corrected chi connectivity index (χ4v) is 3.54. The number of aliphatic hydroxyl groups is 1. The van der Waals surface area contributed by atoms with E-state index < -0.39 is 12.5 Å². The number of nitrogens with zero attached hydrogens (tertiary/aromatic N) is 4. The van der Waals surface area contributed by atoms with Gasteiger partial charge in [-0.3, -0.25) is 4.90 Å². The van der Waals surface area contributed by atoms with E-state index in [0.717, 1.165) is 19.6 Å². The van der Waals surface area contributed by atoms with Crippen molar-refractivity contribution in [2.45, 2.75) is 32.4 Å². The van der Waals surface area contributed by atoms with Crippen molar-refractivity contribution >= 4 is 23.1 Å². The molecular weight excluding hydrogens is 387 g/mol. The Bertz CT molecular complexity index is 815. The van der Waals surface area contributed by atoms with E-state index in [1.54, 1.807) is 0 Å². The van der Waals surface area contributed by atoms with Crippen LogP contribution in [0.5, 0.6) is 0 Å². The van der Waals surface area contributed by atoms with Crippen molar-refractivity contribution in [3.63, 3.8) is 0 Å². The number of aromatic nitrogens is 2. The van der Waals surface area contributed by atoms with Gasteiger partial charge in [0.1, 0.15) is 18.2 Å². The molecule has 3 N–H and O–H groups in total. The molecule has 0 aliphatic carbocycles. The van der Waals surface area contributed by atoms with Crippen LogP contribution < -0.4 is 10.6 Å². The van der Waals surface area contributed by atoms with Crippen LogP contribution in [0.3, 0.4) is 0 Å². The van der Waals surface area contributed by atoms with Gasteiger partial charge in [0, 0.05) is 24.8 Å². The molecule has 10 heteroatoms. The molecule has 1 fully saturated rings. The number of hydrogen-bond acceptors (Lipinski definition) is 7. The maximum Gasteiger partial charge on any atom is 0.174 e. The van der Waals surface area contributed by atoms with Gasteiger partial charge in [-0.2, -0.15) is 0 Å². The highest BCUT2D eigenvalue weighted by Crippen LogP contribution is 2.20. The monoisotopic (exact) mass is 410 g/mol. The second kappa shape index (κ2) is 9.92. The minimum atomic E-state index is -0.520. The van der Waals surface area contributed by atoms with Gasteiger partial charge in [0.25, 0.3) is 0 Å². The largest absolute Gasteiger partial charge is 0.374 e. The molecule has 0 radical (unpaired) electrons. The summed E-state index contributed by atoms with van der Waals surface area (Å²) in [6.07, 6.45) is 2.39. The van der Waals surface area contributed by atoms with Gasteiger partial charge in [0.05, 0.1) is 5.02 Å². The third-order valence-electron chi connectivity index (χ3n) is 4.77. The predicted octanol–water partition coefficient (Wildman–Crippen LogP) is 2.24. The minimum Gasteiger partial charge on any atom is -0.374 e. The molecule has 2 heterocycles. The van der Waals surface area contributed by atoms with Crippen LogP contribution in [0, 0.1) is 5.82 Å². The molecule has 28 heavy (non-hydrogen) atoms. The Labute approximate surface area is 167 Å². The number of amidine groups is 1. The van der Waals surface area contributed by atoms with Gasteiger partial charge in [-0.25, -0.2) is 14.0 Å². The molecule has 1 saturated heterocycles. The standard InChI is InChI=1S/C18H24ClFN6O2/c1-2-26-7-3-4-13(26)9-21-10-16-17(25-28-24-16)18(22-11-27)23-12-5-6-15(20)14(19)8-12/h5-6,8,13,21,27H,2-4,7,9-11H2,1H3,(H,22,23). The zero-order valence-electron chi connectivity index (χ0n) is 15.7. The van der Waals surface area contributed by atoms with Gasteiger partial charge in [0.2, 0.25) is 0 Å². The Balaban J connectivity index is 1.66. The minimum absolute atomic E-state index is 0.0226. The molecule has 1 aliphatic heterocycles. The van der Waals surface area contributed by atoms with E-state index in [0.29, 0.717) is 29.7 Å². The number of aliphatic hydroxyl groups excluding tert-OH is 1. The van der Waals surface area contributed by atoms with Crippen molar-refractivity contribution in [3.8, 4) is 0 Å². The Morgan fingerprint density at radius 2 is 2.32 bits per heavy atom. The van der Waals surface area contributed by atoms with Gasteiger partial charge in [-0.05, 0) is 49.3 Å². The van der Waals surface area contributed by atoms with E-state index in [-0.39, 0.29) is 10.9 Å². The fraction of sp³-hybridized carbons (Fsp3) is 0.500. The number of halogens is 2. The molecule has 1 unspecified atom stereocenters. The predicted molar refractivity (Wildman–Crippen MR) is 105 cm³/mol. The van der Waals surface area contributed by atoms with Crippen LogP contribution >= 0.6 is 11.6 Å². The first-order valence-electron chi connectivity index (χ1n) is 9.26. The van der Waals surface area contributed by atoms with Gasteiger partial charge in [0.15, 0.2) is 11.5 Å². The van der Waals surface area contributed by atoms with Gasteiger partial charge in [-0.15, -0.1) is 0 Å². The number of aliphatic imine (C=N–C) groups is 1. The number of hydrogen-bond donors (Lipinski definition) is 3. The molecule has 1 aliphatic rings. The zero-order valence-corrected chi connectivity index (χ0v) is 16.4. The van der Waals surface area contributed by atoms with E-state index in [4.69, 9.17) is 16.2 Å². The van der Waals surface area contributed by atoms with Crippen LogP contribution in [0.4, 0.5) is 10.1 Å². The summed E-state index contributed by atoms with van der Waals surface area (Å²) >= 11 is 5.82. The lowest BCUT2D eigenvalue weighted by Gasteiger charge is -2.22. The van der Waals surface area contributed by atoms with E-state index in [1.165, 1.54) is 31.0 Å². The first-order valence-corrected chi connectivity index (χ1v) is 9.64. The number of rotatable bonds is 8. The first kappa shape index (κ1) is 20.7. The molecule has 3 rings (SSSR count). The summed E-state index contributed by atoms with van der Waals surface area (Å²) < 4.78 is 18.2. The molecule has 0 amide bonds. The van der Waals surface area contributed by atoms with Gasteiger partial charge < -0.3 is 15.7 Å². The summed E-state index contributed by atoms with van der Waals surface area (Å²) in [5.74, 6) is -0.256. The summed E-state index contributed by atoms with van der Waals surface area (Å²) in [5.41, 5.74) is 1.44. The Morgan fingerprint density at radius 3 is 3.07 bits per heavy atom. The van der Waals surface area contributed by atoms with Crippen molar-refractivity contribution in [1.82, 2.24) is 20.5 Å². The lowest BCUT2D eigenvalue weighted by Crippen LogP contribution is -2.37. The lowest BCUT2D eigenvalue weighted by atomic mass is 10.2. The molecule has 2 aromatic rings. The van der Waals surface area contributed by atoms with E-state index in [9.17, 15) is 9.50 Å². The third-order valence-corrected chi connectivity index (χ3v) is 5.06. The zero-order chi connectivity index (χ0) is 19.9. The first-order chi connectivity index (χ1) is 13.6. The highest BCUT2D eigenvalue weighted by Gasteiger charge is 2.23. The van der Waals surface area contributed by atoms with Crippen LogP contribution in [0.2, 0.25) is 5.02 Å². The van der Waals surface area contributed by atoms with Crippen molar-refractivity contribution < 1.29 is 14.1 Å². The van der Waals surface area contributed by atoms with Crippen LogP contribution in [0.25, 0.3) is 0 Å². The Kier molecular flexibility index (Phi) is 7.32. The van der Waals surface area contributed by atoms with E-state index in [1.807, 2.05) is 0 Å². The molecule has 8 nitrogen and oxygen atoms in total. The molecule has 1 aromatic carbocycles. The summed E-state index contributed by atoms with van der Waals surface area (Å²) in [6, 6.07) is 4.69. The summed E-state index contributed by atoms with van der Waals surface area (Å²) in [6.45, 7) is 5.18. The molecular formula is C18H24ClFN6O2.